The van der Waals surface area contributed by atoms with Crippen molar-refractivity contribution in [2.45, 2.75) is 11.8 Å². The lowest BCUT2D eigenvalue weighted by atomic mass is 10.2. The van der Waals surface area contributed by atoms with Crippen LogP contribution < -0.4 is 10.2 Å². The van der Waals surface area contributed by atoms with Crippen LogP contribution in [0.15, 0.2) is 82.2 Å². The summed E-state index contributed by atoms with van der Waals surface area (Å²) in [4.78, 5) is 28.6. The fraction of sp³-hybridized carbons (Fsp3) is 0.0435. The van der Waals surface area contributed by atoms with E-state index in [0.29, 0.717) is 21.4 Å². The van der Waals surface area contributed by atoms with Crippen LogP contribution in [0, 0.1) is 12.7 Å². The summed E-state index contributed by atoms with van der Waals surface area (Å²) in [6.07, 6.45) is 0. The first-order valence-corrected chi connectivity index (χ1v) is 10.8. The van der Waals surface area contributed by atoms with Gasteiger partial charge in [-0.25, -0.2) is 9.29 Å². The Bertz CT molecular complexity index is 1140. The quantitative estimate of drug-likeness (QED) is 0.434. The minimum atomic E-state index is -0.522. The lowest BCUT2D eigenvalue weighted by Crippen LogP contribution is -2.32. The molecule has 1 N–H and O–H groups in total. The van der Waals surface area contributed by atoms with Gasteiger partial charge in [0.1, 0.15) is 16.4 Å². The van der Waals surface area contributed by atoms with Crippen LogP contribution in [0.5, 0.6) is 0 Å². The summed E-state index contributed by atoms with van der Waals surface area (Å²) in [5, 5.41) is 3.99. The molecule has 2 amide bonds. The van der Waals surface area contributed by atoms with Gasteiger partial charge in [-0.15, -0.1) is 0 Å². The third-order valence-electron chi connectivity index (χ3n) is 4.60. The Hall–Kier alpha value is -2.80. The van der Waals surface area contributed by atoms with Crippen molar-refractivity contribution >= 4 is 58.2 Å². The summed E-state index contributed by atoms with van der Waals surface area (Å²) in [5.41, 5.74) is 1.79. The zero-order valence-electron chi connectivity index (χ0n) is 16.2. The zero-order chi connectivity index (χ0) is 22.1. The van der Waals surface area contributed by atoms with Crippen molar-refractivity contribution in [1.82, 2.24) is 0 Å². The van der Waals surface area contributed by atoms with E-state index in [1.165, 1.54) is 24.3 Å². The number of anilines is 2. The zero-order valence-corrected chi connectivity index (χ0v) is 18.5. The Labute approximate surface area is 192 Å². The number of hydrogen-bond acceptors (Lipinski definition) is 4. The fourth-order valence-electron chi connectivity index (χ4n) is 2.97. The number of hydrogen-bond donors (Lipinski definition) is 1. The molecule has 1 aliphatic rings. The van der Waals surface area contributed by atoms with E-state index in [1.807, 2.05) is 6.92 Å². The molecular weight excluding hydrogens is 458 g/mol. The van der Waals surface area contributed by atoms with Crippen LogP contribution in [0.2, 0.25) is 10.0 Å². The smallest absolute Gasteiger partial charge is 0.283 e. The van der Waals surface area contributed by atoms with E-state index < -0.39 is 17.6 Å². The first kappa shape index (κ1) is 21.4. The van der Waals surface area contributed by atoms with Crippen molar-refractivity contribution in [3.8, 4) is 0 Å². The predicted molar refractivity (Wildman–Crippen MR) is 123 cm³/mol. The number of carbonyl (C=O) groups excluding carboxylic acids is 2. The highest BCUT2D eigenvalue weighted by molar-refractivity contribution is 8.04. The van der Waals surface area contributed by atoms with Crippen molar-refractivity contribution < 1.29 is 14.0 Å². The molecule has 1 aliphatic heterocycles. The van der Waals surface area contributed by atoms with Crippen LogP contribution in [0.3, 0.4) is 0 Å². The SMILES string of the molecule is Cc1ccc(N2C(=O)C(Nc3ccc(F)cc3)=C(Sc3ccc(Cl)cc3)C2=O)cc1Cl. The number of benzene rings is 3. The van der Waals surface area contributed by atoms with E-state index in [4.69, 9.17) is 23.2 Å². The largest absolute Gasteiger partial charge is 0.350 e. The molecule has 0 aliphatic carbocycles. The van der Waals surface area contributed by atoms with Gasteiger partial charge in [-0.3, -0.25) is 9.59 Å². The Morgan fingerprint density at radius 1 is 0.903 bits per heavy atom. The molecule has 3 aromatic rings. The van der Waals surface area contributed by atoms with Gasteiger partial charge < -0.3 is 5.32 Å². The second kappa shape index (κ2) is 8.75. The van der Waals surface area contributed by atoms with Gasteiger partial charge in [0.05, 0.1) is 5.69 Å². The number of amides is 2. The summed E-state index contributed by atoms with van der Waals surface area (Å²) in [5.74, 6) is -1.40. The van der Waals surface area contributed by atoms with Crippen molar-refractivity contribution in [1.29, 1.82) is 0 Å². The fourth-order valence-corrected chi connectivity index (χ4v) is 4.20. The van der Waals surface area contributed by atoms with Crippen LogP contribution in [-0.4, -0.2) is 11.8 Å². The van der Waals surface area contributed by atoms with Gasteiger partial charge in [-0.2, -0.15) is 0 Å². The summed E-state index contributed by atoms with van der Waals surface area (Å²) >= 11 is 13.3. The third-order valence-corrected chi connectivity index (χ3v) is 6.35. The molecular formula is C23H15Cl2FN2O2S. The average Bonchev–Trinajstić information content (AvgIpc) is 2.97. The molecule has 0 radical (unpaired) electrons. The van der Waals surface area contributed by atoms with Crippen LogP contribution in [0.25, 0.3) is 0 Å². The molecule has 8 heteroatoms. The van der Waals surface area contributed by atoms with Gasteiger partial charge in [-0.1, -0.05) is 41.0 Å². The Morgan fingerprint density at radius 2 is 1.58 bits per heavy atom. The Morgan fingerprint density at radius 3 is 2.23 bits per heavy atom. The molecule has 0 spiro atoms. The molecule has 4 rings (SSSR count). The highest BCUT2D eigenvalue weighted by Crippen LogP contribution is 2.38. The molecule has 3 aromatic carbocycles. The second-order valence-electron chi connectivity index (χ2n) is 6.77. The number of aryl methyl sites for hydroxylation is 1. The standard InChI is InChI=1S/C23H15Cl2FN2O2S/c1-13-2-9-17(12-19(13)25)28-22(29)20(27-16-7-5-15(26)6-8-16)21(23(28)30)31-18-10-3-14(24)4-11-18/h2-12,27H,1H3. The highest BCUT2D eigenvalue weighted by Gasteiger charge is 2.40. The number of rotatable bonds is 5. The lowest BCUT2D eigenvalue weighted by molar-refractivity contribution is -0.120. The van der Waals surface area contributed by atoms with E-state index in [1.54, 1.807) is 42.5 Å². The molecule has 156 valence electrons. The van der Waals surface area contributed by atoms with Gasteiger partial charge in [0.25, 0.3) is 11.8 Å². The van der Waals surface area contributed by atoms with Crippen LogP contribution >= 0.6 is 35.0 Å². The maximum absolute atomic E-state index is 13.3. The lowest BCUT2D eigenvalue weighted by Gasteiger charge is -2.16. The number of imide groups is 1. The number of carbonyl (C=O) groups is 2. The summed E-state index contributed by atoms with van der Waals surface area (Å²) in [6.45, 7) is 1.83. The topological polar surface area (TPSA) is 49.4 Å². The number of nitrogens with one attached hydrogen (secondary N) is 1. The van der Waals surface area contributed by atoms with Crippen molar-refractivity contribution in [2.24, 2.45) is 0 Å². The highest BCUT2D eigenvalue weighted by atomic mass is 35.5. The molecule has 0 aromatic heterocycles. The summed E-state index contributed by atoms with van der Waals surface area (Å²) in [7, 11) is 0. The minimum Gasteiger partial charge on any atom is -0.350 e. The van der Waals surface area contributed by atoms with Crippen LogP contribution in [0.4, 0.5) is 15.8 Å². The average molecular weight is 473 g/mol. The van der Waals surface area contributed by atoms with Crippen LogP contribution in [0.1, 0.15) is 5.56 Å². The number of halogens is 3. The summed E-state index contributed by atoms with van der Waals surface area (Å²) < 4.78 is 13.3. The third kappa shape index (κ3) is 4.46. The van der Waals surface area contributed by atoms with E-state index >= 15 is 0 Å². The van der Waals surface area contributed by atoms with Crippen molar-refractivity contribution in [3.05, 3.63) is 98.8 Å². The molecule has 0 fully saturated rings. The van der Waals surface area contributed by atoms with Gasteiger partial charge in [0.2, 0.25) is 0 Å². The first-order valence-electron chi connectivity index (χ1n) is 9.19. The maximum Gasteiger partial charge on any atom is 0.283 e. The van der Waals surface area contributed by atoms with Gasteiger partial charge >= 0.3 is 0 Å². The molecule has 0 saturated heterocycles. The van der Waals surface area contributed by atoms with Crippen molar-refractivity contribution in [2.75, 3.05) is 10.2 Å². The number of thioether (sulfide) groups is 1. The van der Waals surface area contributed by atoms with Gasteiger partial charge in [-0.05, 0) is 73.2 Å². The van der Waals surface area contributed by atoms with Gasteiger partial charge in [0.15, 0.2) is 0 Å². The first-order chi connectivity index (χ1) is 14.8. The summed E-state index contributed by atoms with van der Waals surface area (Å²) in [6, 6.07) is 17.5. The van der Waals surface area contributed by atoms with E-state index in [2.05, 4.69) is 5.32 Å². The predicted octanol–water partition coefficient (Wildman–Crippen LogP) is 6.43. The maximum atomic E-state index is 13.3. The normalized spacial score (nSPS) is 13.9. The molecule has 1 heterocycles. The molecule has 0 unspecified atom stereocenters. The molecule has 0 saturated carbocycles. The molecule has 4 nitrogen and oxygen atoms in total. The molecule has 31 heavy (non-hydrogen) atoms. The molecule has 0 atom stereocenters. The van der Waals surface area contributed by atoms with E-state index in [-0.39, 0.29) is 10.6 Å². The second-order valence-corrected chi connectivity index (χ2v) is 8.70. The van der Waals surface area contributed by atoms with E-state index in [9.17, 15) is 14.0 Å². The Balaban J connectivity index is 1.74. The van der Waals surface area contributed by atoms with Crippen LogP contribution in [-0.2, 0) is 9.59 Å². The molecule has 0 bridgehead atoms. The Kier molecular flexibility index (Phi) is 6.05. The number of nitrogens with zero attached hydrogens (tertiary/aromatic N) is 1. The van der Waals surface area contributed by atoms with E-state index in [0.717, 1.165) is 27.1 Å². The van der Waals surface area contributed by atoms with Crippen molar-refractivity contribution in [3.63, 3.8) is 0 Å². The van der Waals surface area contributed by atoms with Gasteiger partial charge in [0, 0.05) is 20.6 Å². The monoisotopic (exact) mass is 472 g/mol. The minimum absolute atomic E-state index is 0.105.